The first-order valence-corrected chi connectivity index (χ1v) is 22.7. The molecule has 0 saturated carbocycles. The van der Waals surface area contributed by atoms with Gasteiger partial charge in [0.05, 0.1) is 16.5 Å². The molecule has 0 unspecified atom stereocenters. The molecule has 0 aliphatic heterocycles. The Morgan fingerprint density at radius 3 is 1.42 bits per heavy atom. The van der Waals surface area contributed by atoms with Gasteiger partial charge < -0.3 is 9.32 Å². The molecule has 304 valence electrons. The second kappa shape index (κ2) is 13.4. The SMILES string of the molecule is CC1(c2cccc3c2oc2cccc(N(c4ccc(-c5ccccc5)cc4)c4ccc5c(c4)C4(c6ccccc6-c6ccccc64)c4ccccc4-5)c23)c2ccccc2-c2ccccc21. The van der Waals surface area contributed by atoms with E-state index in [2.05, 4.69) is 242 Å². The zero-order valence-electron chi connectivity index (χ0n) is 35.8. The minimum Gasteiger partial charge on any atom is -0.456 e. The van der Waals surface area contributed by atoms with E-state index in [1.807, 2.05) is 0 Å². The summed E-state index contributed by atoms with van der Waals surface area (Å²) in [6, 6.07) is 85.1. The van der Waals surface area contributed by atoms with Crippen LogP contribution in [0.15, 0.2) is 235 Å². The largest absolute Gasteiger partial charge is 0.456 e. The van der Waals surface area contributed by atoms with Crippen molar-refractivity contribution in [3.63, 3.8) is 0 Å². The summed E-state index contributed by atoms with van der Waals surface area (Å²) in [4.78, 5) is 2.46. The predicted octanol–water partition coefficient (Wildman–Crippen LogP) is 16.4. The highest BCUT2D eigenvalue weighted by atomic mass is 16.3. The molecule has 1 heterocycles. The van der Waals surface area contributed by atoms with Crippen molar-refractivity contribution < 1.29 is 4.42 Å². The molecular weight excluding hydrogens is 787 g/mol. The van der Waals surface area contributed by atoms with Crippen molar-refractivity contribution in [3.05, 3.63) is 269 Å². The van der Waals surface area contributed by atoms with Gasteiger partial charge in [0.2, 0.25) is 0 Å². The summed E-state index contributed by atoms with van der Waals surface area (Å²) >= 11 is 0. The predicted molar refractivity (Wildman–Crippen MR) is 268 cm³/mol. The normalized spacial score (nSPS) is 14.2. The topological polar surface area (TPSA) is 16.4 Å². The van der Waals surface area contributed by atoms with Crippen LogP contribution in [0.4, 0.5) is 17.1 Å². The summed E-state index contributed by atoms with van der Waals surface area (Å²) in [5.74, 6) is 0. The fourth-order valence-electron chi connectivity index (χ4n) is 12.2. The first kappa shape index (κ1) is 36.3. The Kier molecular flexibility index (Phi) is 7.49. The minimum absolute atomic E-state index is 0.412. The van der Waals surface area contributed by atoms with E-state index in [4.69, 9.17) is 4.42 Å². The zero-order valence-corrected chi connectivity index (χ0v) is 35.8. The molecule has 14 rings (SSSR count). The van der Waals surface area contributed by atoms with Gasteiger partial charge in [-0.05, 0) is 121 Å². The fourth-order valence-corrected chi connectivity index (χ4v) is 12.2. The van der Waals surface area contributed by atoms with E-state index in [9.17, 15) is 0 Å². The van der Waals surface area contributed by atoms with Crippen molar-refractivity contribution in [1.29, 1.82) is 0 Å². The van der Waals surface area contributed by atoms with Crippen molar-refractivity contribution in [2.24, 2.45) is 0 Å². The van der Waals surface area contributed by atoms with Crippen LogP contribution in [-0.2, 0) is 10.8 Å². The minimum atomic E-state index is -0.468. The molecule has 0 saturated heterocycles. The van der Waals surface area contributed by atoms with Crippen LogP contribution in [0.25, 0.3) is 66.4 Å². The number of furan rings is 1. The standard InChI is InChI=1S/C63H41NO/c1-62(51-25-10-5-19-44(51)45-20-6-11-26-52(45)62)56-30-15-24-50-60-58(31-16-32-59(60)65-61(50)56)64(42-35-33-41(34-36-42)40-17-3-2-4-18-40)43-37-38-49-48-23-9-14-29-55(48)63(57(49)39-43)53-27-12-7-21-46(53)47-22-8-13-28-54(47)63/h2-39H,1H3. The van der Waals surface area contributed by atoms with E-state index in [-0.39, 0.29) is 0 Å². The Balaban J connectivity index is 1.03. The third-order valence-electron chi connectivity index (χ3n) is 15.0. The van der Waals surface area contributed by atoms with Gasteiger partial charge in [-0.3, -0.25) is 0 Å². The number of hydrogen-bond donors (Lipinski definition) is 0. The number of fused-ring (bicyclic) bond motifs is 16. The molecule has 3 aliphatic rings. The molecule has 1 aromatic heterocycles. The van der Waals surface area contributed by atoms with Gasteiger partial charge in [-0.25, -0.2) is 0 Å². The summed E-state index contributed by atoms with van der Waals surface area (Å²) in [7, 11) is 0. The van der Waals surface area contributed by atoms with Crippen LogP contribution in [-0.4, -0.2) is 0 Å². The molecule has 10 aromatic carbocycles. The molecule has 0 radical (unpaired) electrons. The van der Waals surface area contributed by atoms with Crippen LogP contribution in [0.1, 0.15) is 45.9 Å². The third-order valence-corrected chi connectivity index (χ3v) is 15.0. The monoisotopic (exact) mass is 827 g/mol. The van der Waals surface area contributed by atoms with Crippen LogP contribution in [0.3, 0.4) is 0 Å². The van der Waals surface area contributed by atoms with Crippen molar-refractivity contribution in [2.75, 3.05) is 4.90 Å². The van der Waals surface area contributed by atoms with E-state index in [1.54, 1.807) is 0 Å². The number of nitrogens with zero attached hydrogens (tertiary/aromatic N) is 1. The quantitative estimate of drug-likeness (QED) is 0.172. The van der Waals surface area contributed by atoms with Gasteiger partial charge >= 0.3 is 0 Å². The summed E-state index contributed by atoms with van der Waals surface area (Å²) in [6.45, 7) is 2.37. The summed E-state index contributed by atoms with van der Waals surface area (Å²) in [6.07, 6.45) is 0. The molecule has 0 fully saturated rings. The molecule has 3 aliphatic carbocycles. The molecule has 2 heteroatoms. The van der Waals surface area contributed by atoms with Crippen LogP contribution in [0.2, 0.25) is 0 Å². The number of hydrogen-bond acceptors (Lipinski definition) is 2. The molecule has 0 bridgehead atoms. The lowest BCUT2D eigenvalue weighted by Crippen LogP contribution is -2.26. The average Bonchev–Trinajstić information content (AvgIpc) is 4.08. The molecule has 0 atom stereocenters. The third kappa shape index (κ3) is 4.78. The molecule has 0 N–H and O–H groups in total. The van der Waals surface area contributed by atoms with Gasteiger partial charge in [-0.2, -0.15) is 0 Å². The summed E-state index contributed by atoms with van der Waals surface area (Å²) in [5, 5.41) is 2.19. The first-order valence-electron chi connectivity index (χ1n) is 22.7. The Morgan fingerprint density at radius 1 is 0.354 bits per heavy atom. The van der Waals surface area contributed by atoms with E-state index in [0.717, 1.165) is 39.0 Å². The van der Waals surface area contributed by atoms with Gasteiger partial charge in [-0.1, -0.05) is 194 Å². The molecule has 0 amide bonds. The van der Waals surface area contributed by atoms with Gasteiger partial charge in [-0.15, -0.1) is 0 Å². The van der Waals surface area contributed by atoms with E-state index < -0.39 is 10.8 Å². The van der Waals surface area contributed by atoms with E-state index in [1.165, 1.54) is 83.5 Å². The molecule has 65 heavy (non-hydrogen) atoms. The van der Waals surface area contributed by atoms with E-state index in [0.29, 0.717) is 0 Å². The zero-order chi connectivity index (χ0) is 42.9. The van der Waals surface area contributed by atoms with E-state index >= 15 is 0 Å². The van der Waals surface area contributed by atoms with Gasteiger partial charge in [0.15, 0.2) is 0 Å². The lowest BCUT2D eigenvalue weighted by molar-refractivity contribution is 0.638. The Hall–Kier alpha value is -8.20. The Bertz CT molecular complexity index is 3630. The molecule has 2 nitrogen and oxygen atoms in total. The number of anilines is 3. The van der Waals surface area contributed by atoms with Crippen LogP contribution < -0.4 is 4.90 Å². The summed E-state index contributed by atoms with van der Waals surface area (Å²) < 4.78 is 7.17. The maximum absolute atomic E-state index is 7.17. The average molecular weight is 828 g/mol. The van der Waals surface area contributed by atoms with Crippen LogP contribution >= 0.6 is 0 Å². The lowest BCUT2D eigenvalue weighted by atomic mass is 9.70. The van der Waals surface area contributed by atoms with Crippen molar-refractivity contribution >= 4 is 39.0 Å². The highest BCUT2D eigenvalue weighted by Crippen LogP contribution is 2.63. The van der Waals surface area contributed by atoms with Gasteiger partial charge in [0, 0.05) is 27.7 Å². The lowest BCUT2D eigenvalue weighted by Gasteiger charge is -2.32. The first-order chi connectivity index (χ1) is 32.1. The molecular formula is C63H41NO. The fraction of sp³-hybridized carbons (Fsp3) is 0.0476. The van der Waals surface area contributed by atoms with Gasteiger partial charge in [0.25, 0.3) is 0 Å². The highest BCUT2D eigenvalue weighted by molar-refractivity contribution is 6.14. The molecule has 11 aromatic rings. The second-order valence-electron chi connectivity index (χ2n) is 18.0. The molecule has 1 spiro atoms. The van der Waals surface area contributed by atoms with Crippen LogP contribution in [0.5, 0.6) is 0 Å². The highest BCUT2D eigenvalue weighted by Gasteiger charge is 2.52. The van der Waals surface area contributed by atoms with Crippen molar-refractivity contribution in [1.82, 2.24) is 0 Å². The van der Waals surface area contributed by atoms with Crippen molar-refractivity contribution in [2.45, 2.75) is 17.8 Å². The maximum Gasteiger partial charge on any atom is 0.139 e. The number of benzene rings is 10. The number of para-hydroxylation sites is 1. The Morgan fingerprint density at radius 2 is 0.815 bits per heavy atom. The van der Waals surface area contributed by atoms with Crippen LogP contribution in [0, 0.1) is 0 Å². The maximum atomic E-state index is 7.17. The second-order valence-corrected chi connectivity index (χ2v) is 18.0. The summed E-state index contributed by atoms with van der Waals surface area (Å²) in [5.41, 5.74) is 23.3. The van der Waals surface area contributed by atoms with Crippen molar-refractivity contribution in [3.8, 4) is 44.5 Å². The Labute approximate surface area is 378 Å². The smallest absolute Gasteiger partial charge is 0.139 e. The number of rotatable bonds is 5. The van der Waals surface area contributed by atoms with Gasteiger partial charge in [0.1, 0.15) is 11.2 Å².